The number of rotatable bonds is 1. The van der Waals surface area contributed by atoms with E-state index >= 15 is 0 Å². The summed E-state index contributed by atoms with van der Waals surface area (Å²) < 4.78 is 4.76. The van der Waals surface area contributed by atoms with Gasteiger partial charge in [0.25, 0.3) is 5.89 Å². The fourth-order valence-corrected chi connectivity index (χ4v) is 0.843. The minimum absolute atomic E-state index is 0.258. The third-order valence-electron chi connectivity index (χ3n) is 1.35. The second-order valence-corrected chi connectivity index (χ2v) is 2.17. The van der Waals surface area contributed by atoms with Crippen LogP contribution in [-0.2, 0) is 0 Å². The number of H-pyrrole nitrogens is 1. The Labute approximate surface area is 67.1 Å². The SMILES string of the molecule is O=c1nc(-c2cccnc2)o[nH]1. The van der Waals surface area contributed by atoms with Crippen LogP contribution in [0.15, 0.2) is 33.8 Å². The van der Waals surface area contributed by atoms with Crippen molar-refractivity contribution in [1.29, 1.82) is 0 Å². The van der Waals surface area contributed by atoms with E-state index in [1.54, 1.807) is 24.5 Å². The molecule has 0 aliphatic carbocycles. The summed E-state index contributed by atoms with van der Waals surface area (Å²) in [5.41, 5.74) is 0.185. The molecule has 60 valence electrons. The van der Waals surface area contributed by atoms with Crippen LogP contribution in [0.4, 0.5) is 0 Å². The Morgan fingerprint density at radius 2 is 2.42 bits per heavy atom. The topological polar surface area (TPSA) is 71.8 Å². The van der Waals surface area contributed by atoms with Gasteiger partial charge in [0.2, 0.25) is 0 Å². The predicted octanol–water partition coefficient (Wildman–Crippen LogP) is 0.425. The average molecular weight is 163 g/mol. The van der Waals surface area contributed by atoms with Crippen LogP contribution < -0.4 is 5.69 Å². The van der Waals surface area contributed by atoms with E-state index < -0.39 is 5.69 Å². The van der Waals surface area contributed by atoms with E-state index in [1.165, 1.54) is 0 Å². The van der Waals surface area contributed by atoms with Gasteiger partial charge in [0, 0.05) is 12.4 Å². The molecule has 2 aromatic heterocycles. The van der Waals surface area contributed by atoms with Crippen molar-refractivity contribution in [1.82, 2.24) is 15.1 Å². The highest BCUT2D eigenvalue weighted by Gasteiger charge is 2.03. The van der Waals surface area contributed by atoms with Crippen molar-refractivity contribution in [3.05, 3.63) is 35.0 Å². The Morgan fingerprint density at radius 1 is 1.50 bits per heavy atom. The zero-order valence-corrected chi connectivity index (χ0v) is 6.02. The molecule has 1 N–H and O–H groups in total. The molecule has 5 heteroatoms. The number of pyridine rings is 1. The van der Waals surface area contributed by atoms with Crippen LogP contribution in [0, 0.1) is 0 Å². The van der Waals surface area contributed by atoms with Gasteiger partial charge in [-0.15, -0.1) is 0 Å². The molecular weight excluding hydrogens is 158 g/mol. The molecule has 0 aliphatic rings. The molecule has 12 heavy (non-hydrogen) atoms. The Bertz CT molecular complexity index is 417. The molecule has 0 aliphatic heterocycles. The number of nitrogens with zero attached hydrogens (tertiary/aromatic N) is 2. The fourth-order valence-electron chi connectivity index (χ4n) is 0.843. The number of hydrogen-bond acceptors (Lipinski definition) is 4. The van der Waals surface area contributed by atoms with E-state index in [9.17, 15) is 4.79 Å². The lowest BCUT2D eigenvalue weighted by Crippen LogP contribution is -1.99. The van der Waals surface area contributed by atoms with Gasteiger partial charge in [-0.3, -0.25) is 4.98 Å². The predicted molar refractivity (Wildman–Crippen MR) is 40.4 cm³/mol. The molecule has 2 rings (SSSR count). The van der Waals surface area contributed by atoms with Gasteiger partial charge >= 0.3 is 5.69 Å². The van der Waals surface area contributed by atoms with Gasteiger partial charge in [-0.1, -0.05) is 0 Å². The summed E-state index contributed by atoms with van der Waals surface area (Å²) in [5, 5.41) is 2.10. The van der Waals surface area contributed by atoms with Crippen LogP contribution in [-0.4, -0.2) is 15.1 Å². The second-order valence-electron chi connectivity index (χ2n) is 2.17. The first-order chi connectivity index (χ1) is 5.86. The van der Waals surface area contributed by atoms with Crippen LogP contribution in [0.3, 0.4) is 0 Å². The Morgan fingerprint density at radius 3 is 3.00 bits per heavy atom. The number of hydrogen-bond donors (Lipinski definition) is 1. The molecule has 0 bridgehead atoms. The van der Waals surface area contributed by atoms with Gasteiger partial charge in [0.1, 0.15) is 0 Å². The summed E-state index contributed by atoms with van der Waals surface area (Å²) in [6.07, 6.45) is 3.20. The minimum Gasteiger partial charge on any atom is -0.357 e. The first kappa shape index (κ1) is 6.78. The highest BCUT2D eigenvalue weighted by atomic mass is 16.5. The average Bonchev–Trinajstić information content (AvgIpc) is 2.54. The zero-order chi connectivity index (χ0) is 8.39. The first-order valence-corrected chi connectivity index (χ1v) is 3.32. The molecule has 0 radical (unpaired) electrons. The largest absolute Gasteiger partial charge is 0.377 e. The van der Waals surface area contributed by atoms with Crippen molar-refractivity contribution in [2.75, 3.05) is 0 Å². The maximum atomic E-state index is 10.6. The Hall–Kier alpha value is -1.91. The molecule has 0 saturated carbocycles. The van der Waals surface area contributed by atoms with Crippen LogP contribution in [0.1, 0.15) is 0 Å². The normalized spacial score (nSPS) is 10.0. The van der Waals surface area contributed by atoms with Crippen molar-refractivity contribution < 1.29 is 4.52 Å². The summed E-state index contributed by atoms with van der Waals surface area (Å²) in [7, 11) is 0. The Balaban J connectivity index is 2.51. The van der Waals surface area contributed by atoms with E-state index in [0.717, 1.165) is 0 Å². The van der Waals surface area contributed by atoms with E-state index in [4.69, 9.17) is 4.52 Å². The Kier molecular flexibility index (Phi) is 1.48. The third-order valence-corrected chi connectivity index (χ3v) is 1.35. The zero-order valence-electron chi connectivity index (χ0n) is 6.02. The molecule has 0 unspecified atom stereocenters. The minimum atomic E-state index is -0.492. The molecule has 0 atom stereocenters. The molecular formula is C7H5N3O2. The van der Waals surface area contributed by atoms with Crippen molar-refractivity contribution in [3.8, 4) is 11.5 Å². The van der Waals surface area contributed by atoms with E-state index in [2.05, 4.69) is 15.1 Å². The standard InChI is InChI=1S/C7H5N3O2/c11-7-9-6(12-10-7)5-2-1-3-8-4-5/h1-4H,(H,10,11). The maximum absolute atomic E-state index is 10.6. The maximum Gasteiger partial charge on any atom is 0.377 e. The smallest absolute Gasteiger partial charge is 0.357 e. The summed E-state index contributed by atoms with van der Waals surface area (Å²) in [4.78, 5) is 18.0. The van der Waals surface area contributed by atoms with Crippen LogP contribution >= 0.6 is 0 Å². The van der Waals surface area contributed by atoms with Gasteiger partial charge in [-0.25, -0.2) is 4.79 Å². The molecule has 0 fully saturated rings. The van der Waals surface area contributed by atoms with Gasteiger partial charge in [-0.05, 0) is 12.1 Å². The molecule has 2 aromatic rings. The van der Waals surface area contributed by atoms with Gasteiger partial charge in [0.15, 0.2) is 0 Å². The molecule has 5 nitrogen and oxygen atoms in total. The number of aromatic nitrogens is 3. The summed E-state index contributed by atoms with van der Waals surface area (Å²) in [6.45, 7) is 0. The van der Waals surface area contributed by atoms with Crippen LogP contribution in [0.5, 0.6) is 0 Å². The number of aromatic amines is 1. The van der Waals surface area contributed by atoms with Gasteiger partial charge in [0.05, 0.1) is 5.56 Å². The van der Waals surface area contributed by atoms with Crippen molar-refractivity contribution in [2.45, 2.75) is 0 Å². The van der Waals surface area contributed by atoms with Crippen LogP contribution in [0.2, 0.25) is 0 Å². The highest BCUT2D eigenvalue weighted by Crippen LogP contribution is 2.11. The molecule has 0 spiro atoms. The molecule has 2 heterocycles. The first-order valence-electron chi connectivity index (χ1n) is 3.32. The molecule has 0 aromatic carbocycles. The number of nitrogens with one attached hydrogen (secondary N) is 1. The quantitative estimate of drug-likeness (QED) is 0.661. The van der Waals surface area contributed by atoms with Gasteiger partial charge in [-0.2, -0.15) is 10.1 Å². The summed E-state index contributed by atoms with van der Waals surface area (Å²) in [6, 6.07) is 3.50. The molecule has 0 saturated heterocycles. The lowest BCUT2D eigenvalue weighted by atomic mass is 10.3. The van der Waals surface area contributed by atoms with Gasteiger partial charge < -0.3 is 4.52 Å². The highest BCUT2D eigenvalue weighted by molar-refractivity contribution is 5.49. The van der Waals surface area contributed by atoms with E-state index in [0.29, 0.717) is 5.56 Å². The second kappa shape index (κ2) is 2.61. The van der Waals surface area contributed by atoms with E-state index in [-0.39, 0.29) is 5.89 Å². The van der Waals surface area contributed by atoms with Crippen LogP contribution in [0.25, 0.3) is 11.5 Å². The monoisotopic (exact) mass is 163 g/mol. The fraction of sp³-hybridized carbons (Fsp3) is 0. The van der Waals surface area contributed by atoms with E-state index in [1.807, 2.05) is 0 Å². The lowest BCUT2D eigenvalue weighted by Gasteiger charge is -1.88. The van der Waals surface area contributed by atoms with Crippen molar-refractivity contribution in [2.24, 2.45) is 0 Å². The lowest BCUT2D eigenvalue weighted by molar-refractivity contribution is 0.424. The summed E-state index contributed by atoms with van der Waals surface area (Å²) in [5.74, 6) is 0.258. The third kappa shape index (κ3) is 1.12. The van der Waals surface area contributed by atoms with Crippen molar-refractivity contribution >= 4 is 0 Å². The molecule has 0 amide bonds. The summed E-state index contributed by atoms with van der Waals surface area (Å²) >= 11 is 0. The van der Waals surface area contributed by atoms with Crippen molar-refractivity contribution in [3.63, 3.8) is 0 Å².